The van der Waals surface area contributed by atoms with Gasteiger partial charge < -0.3 is 5.32 Å². The first-order valence-corrected chi connectivity index (χ1v) is 10.4. The van der Waals surface area contributed by atoms with Gasteiger partial charge in [0.2, 0.25) is 10.0 Å². The summed E-state index contributed by atoms with van der Waals surface area (Å²) in [4.78, 5) is 20.7. The van der Waals surface area contributed by atoms with E-state index in [9.17, 15) is 13.2 Å². The molecule has 7 nitrogen and oxygen atoms in total. The van der Waals surface area contributed by atoms with Gasteiger partial charge in [-0.1, -0.05) is 0 Å². The Labute approximate surface area is 155 Å². The molecule has 0 fully saturated rings. The highest BCUT2D eigenvalue weighted by Crippen LogP contribution is 2.22. The average molecular weight is 388 g/mol. The SMILES string of the molecule is CS(=O)(=O)Nc1ccc(C(=O)NCc2csc(-c3ccncc3)n2)cc1. The summed E-state index contributed by atoms with van der Waals surface area (Å²) in [5.41, 5.74) is 2.60. The fourth-order valence-corrected chi connectivity index (χ4v) is 3.58. The van der Waals surface area contributed by atoms with Crippen molar-refractivity contribution in [1.82, 2.24) is 15.3 Å². The number of carbonyl (C=O) groups is 1. The minimum Gasteiger partial charge on any atom is -0.346 e. The Morgan fingerprint density at radius 1 is 1.12 bits per heavy atom. The van der Waals surface area contributed by atoms with E-state index >= 15 is 0 Å². The lowest BCUT2D eigenvalue weighted by Crippen LogP contribution is -2.23. The molecule has 0 radical (unpaired) electrons. The normalized spacial score (nSPS) is 11.1. The van der Waals surface area contributed by atoms with Gasteiger partial charge in [0.15, 0.2) is 0 Å². The van der Waals surface area contributed by atoms with Gasteiger partial charge >= 0.3 is 0 Å². The molecule has 0 aliphatic heterocycles. The van der Waals surface area contributed by atoms with Crippen molar-refractivity contribution in [1.29, 1.82) is 0 Å². The van der Waals surface area contributed by atoms with Crippen LogP contribution in [0.1, 0.15) is 16.1 Å². The molecule has 0 bridgehead atoms. The smallest absolute Gasteiger partial charge is 0.251 e. The number of nitrogens with one attached hydrogen (secondary N) is 2. The first kappa shape index (κ1) is 18.0. The Morgan fingerprint density at radius 3 is 2.46 bits per heavy atom. The molecular formula is C17H16N4O3S2. The molecule has 2 N–H and O–H groups in total. The van der Waals surface area contributed by atoms with Crippen LogP contribution in [-0.2, 0) is 16.6 Å². The minimum atomic E-state index is -3.34. The van der Waals surface area contributed by atoms with Crippen LogP contribution < -0.4 is 10.0 Å². The lowest BCUT2D eigenvalue weighted by molar-refractivity contribution is 0.0950. The van der Waals surface area contributed by atoms with E-state index in [4.69, 9.17) is 0 Å². The van der Waals surface area contributed by atoms with Crippen LogP contribution >= 0.6 is 11.3 Å². The molecule has 0 aliphatic carbocycles. The number of aromatic nitrogens is 2. The first-order valence-electron chi connectivity index (χ1n) is 7.61. The third kappa shape index (κ3) is 4.87. The van der Waals surface area contributed by atoms with E-state index in [0.717, 1.165) is 22.5 Å². The predicted molar refractivity (Wildman–Crippen MR) is 101 cm³/mol. The van der Waals surface area contributed by atoms with Crippen molar-refractivity contribution in [3.63, 3.8) is 0 Å². The Kier molecular flexibility index (Phi) is 5.29. The fourth-order valence-electron chi connectivity index (χ4n) is 2.19. The lowest BCUT2D eigenvalue weighted by atomic mass is 10.2. The molecule has 2 heterocycles. The second-order valence-electron chi connectivity index (χ2n) is 5.51. The highest BCUT2D eigenvalue weighted by Gasteiger charge is 2.09. The molecule has 26 heavy (non-hydrogen) atoms. The van der Waals surface area contributed by atoms with Crippen molar-refractivity contribution >= 4 is 33.0 Å². The van der Waals surface area contributed by atoms with Gasteiger partial charge in [-0.3, -0.25) is 14.5 Å². The maximum absolute atomic E-state index is 12.2. The number of hydrogen-bond acceptors (Lipinski definition) is 6. The van der Waals surface area contributed by atoms with E-state index in [1.165, 1.54) is 11.3 Å². The zero-order valence-corrected chi connectivity index (χ0v) is 15.5. The number of sulfonamides is 1. The number of thiazole rings is 1. The molecule has 134 valence electrons. The first-order chi connectivity index (χ1) is 12.4. The summed E-state index contributed by atoms with van der Waals surface area (Å²) >= 11 is 1.50. The summed E-state index contributed by atoms with van der Waals surface area (Å²) in [5.74, 6) is -0.255. The number of pyridine rings is 1. The summed E-state index contributed by atoms with van der Waals surface area (Å²) in [5, 5.41) is 5.57. The Balaban J connectivity index is 1.60. The van der Waals surface area contributed by atoms with Gasteiger partial charge in [-0.05, 0) is 36.4 Å². The summed E-state index contributed by atoms with van der Waals surface area (Å²) < 4.78 is 24.7. The van der Waals surface area contributed by atoms with Crippen molar-refractivity contribution in [3.05, 3.63) is 65.4 Å². The topological polar surface area (TPSA) is 101 Å². The molecule has 2 aromatic heterocycles. The van der Waals surface area contributed by atoms with E-state index in [0.29, 0.717) is 17.8 Å². The van der Waals surface area contributed by atoms with Crippen LogP contribution in [-0.4, -0.2) is 30.5 Å². The van der Waals surface area contributed by atoms with Crippen LogP contribution in [0, 0.1) is 0 Å². The van der Waals surface area contributed by atoms with Gasteiger partial charge in [-0.25, -0.2) is 13.4 Å². The minimum absolute atomic E-state index is 0.255. The molecule has 0 unspecified atom stereocenters. The van der Waals surface area contributed by atoms with Crippen LogP contribution in [0.15, 0.2) is 54.2 Å². The van der Waals surface area contributed by atoms with Crippen LogP contribution in [0.25, 0.3) is 10.6 Å². The van der Waals surface area contributed by atoms with E-state index in [2.05, 4.69) is 20.0 Å². The summed E-state index contributed by atoms with van der Waals surface area (Å²) in [6, 6.07) is 9.97. The molecule has 0 aliphatic rings. The second-order valence-corrected chi connectivity index (χ2v) is 8.12. The third-order valence-electron chi connectivity index (χ3n) is 3.36. The molecule has 3 aromatic rings. The summed E-state index contributed by atoms with van der Waals surface area (Å²) in [6.07, 6.45) is 4.49. The monoisotopic (exact) mass is 388 g/mol. The quantitative estimate of drug-likeness (QED) is 0.676. The Morgan fingerprint density at radius 2 is 1.81 bits per heavy atom. The number of benzene rings is 1. The highest BCUT2D eigenvalue weighted by molar-refractivity contribution is 7.92. The number of anilines is 1. The fraction of sp³-hybridized carbons (Fsp3) is 0.118. The zero-order valence-electron chi connectivity index (χ0n) is 13.8. The molecule has 0 spiro atoms. The third-order valence-corrected chi connectivity index (χ3v) is 4.91. The van der Waals surface area contributed by atoms with Gasteiger partial charge in [0.05, 0.1) is 18.5 Å². The highest BCUT2D eigenvalue weighted by atomic mass is 32.2. The summed E-state index contributed by atoms with van der Waals surface area (Å²) in [7, 11) is -3.34. The predicted octanol–water partition coefficient (Wildman–Crippen LogP) is 2.51. The molecule has 1 aromatic carbocycles. The van der Waals surface area contributed by atoms with E-state index in [1.807, 2.05) is 17.5 Å². The summed E-state index contributed by atoms with van der Waals surface area (Å²) in [6.45, 7) is 0.309. The van der Waals surface area contributed by atoms with Gasteiger partial charge in [0, 0.05) is 34.6 Å². The molecule has 0 saturated heterocycles. The standard InChI is InChI=1S/C17H16N4O3S2/c1-26(23,24)21-14-4-2-12(3-5-14)16(22)19-10-15-11-25-17(20-15)13-6-8-18-9-7-13/h2-9,11,21H,10H2,1H3,(H,19,22). The van der Waals surface area contributed by atoms with Crippen molar-refractivity contribution in [2.75, 3.05) is 11.0 Å². The van der Waals surface area contributed by atoms with Crippen molar-refractivity contribution in [2.24, 2.45) is 0 Å². The second kappa shape index (κ2) is 7.63. The van der Waals surface area contributed by atoms with Crippen molar-refractivity contribution in [2.45, 2.75) is 6.54 Å². The Hall–Kier alpha value is -2.78. The van der Waals surface area contributed by atoms with Crippen LogP contribution in [0.2, 0.25) is 0 Å². The lowest BCUT2D eigenvalue weighted by Gasteiger charge is -2.06. The van der Waals surface area contributed by atoms with Crippen LogP contribution in [0.3, 0.4) is 0 Å². The maximum Gasteiger partial charge on any atom is 0.251 e. The zero-order chi connectivity index (χ0) is 18.6. The number of nitrogens with zero attached hydrogens (tertiary/aromatic N) is 2. The van der Waals surface area contributed by atoms with Crippen molar-refractivity contribution in [3.8, 4) is 10.6 Å². The average Bonchev–Trinajstić information content (AvgIpc) is 3.09. The molecule has 0 atom stereocenters. The number of carbonyl (C=O) groups excluding carboxylic acids is 1. The molecule has 9 heteroatoms. The number of hydrogen-bond donors (Lipinski definition) is 2. The van der Waals surface area contributed by atoms with E-state index in [1.54, 1.807) is 36.7 Å². The van der Waals surface area contributed by atoms with Crippen LogP contribution in [0.4, 0.5) is 5.69 Å². The molecule has 1 amide bonds. The van der Waals surface area contributed by atoms with Crippen molar-refractivity contribution < 1.29 is 13.2 Å². The maximum atomic E-state index is 12.2. The largest absolute Gasteiger partial charge is 0.346 e. The van der Waals surface area contributed by atoms with E-state index < -0.39 is 10.0 Å². The van der Waals surface area contributed by atoms with Gasteiger partial charge in [0.25, 0.3) is 5.91 Å². The molecule has 3 rings (SSSR count). The molecular weight excluding hydrogens is 372 g/mol. The number of amides is 1. The van der Waals surface area contributed by atoms with E-state index in [-0.39, 0.29) is 5.91 Å². The van der Waals surface area contributed by atoms with Gasteiger partial charge in [0.1, 0.15) is 5.01 Å². The Bertz CT molecular complexity index is 1000. The number of rotatable bonds is 6. The molecule has 0 saturated carbocycles. The van der Waals surface area contributed by atoms with Gasteiger partial charge in [-0.2, -0.15) is 0 Å². The van der Waals surface area contributed by atoms with Gasteiger partial charge in [-0.15, -0.1) is 11.3 Å². The van der Waals surface area contributed by atoms with Crippen LogP contribution in [0.5, 0.6) is 0 Å².